The van der Waals surface area contributed by atoms with Gasteiger partial charge in [0, 0.05) is 17.5 Å². The molecular formula is C20H25F4NO4. The fourth-order valence-electron chi connectivity index (χ4n) is 4.94. The molecule has 1 heterocycles. The van der Waals surface area contributed by atoms with Gasteiger partial charge in [0.15, 0.2) is 0 Å². The van der Waals surface area contributed by atoms with Crippen LogP contribution in [-0.4, -0.2) is 40.7 Å². The largest absolute Gasteiger partial charge is 0.481 e. The zero-order chi connectivity index (χ0) is 22.3. The molecule has 3 N–H and O–H groups in total. The molecule has 1 fully saturated rings. The van der Waals surface area contributed by atoms with Gasteiger partial charge in [-0.3, -0.25) is 9.59 Å². The van der Waals surface area contributed by atoms with E-state index < -0.39 is 64.7 Å². The van der Waals surface area contributed by atoms with Gasteiger partial charge in [-0.15, -0.1) is 0 Å². The quantitative estimate of drug-likeness (QED) is 0.604. The summed E-state index contributed by atoms with van der Waals surface area (Å²) < 4.78 is 56.7. The number of alkyl halides is 3. The smallest absolute Gasteiger partial charge is 0.311 e. The number of carboxylic acids is 2. The normalized spacial score (nSPS) is 33.5. The minimum atomic E-state index is -3.15. The third kappa shape index (κ3) is 3.29. The number of nitrogens with one attached hydrogen (secondary N) is 1. The standard InChI is InChI=1S/C20H25F4NO4/c1-5-20(18(28)29)10(3)25-15(16(23)24)19(4,17(26)27)14(20)11-7-6-8-12(22)13(11)9(2)21/h6-10,14-16,25H,5H2,1-4H3,(H,26,27)(H,28,29). The molecule has 0 aromatic heterocycles. The molecule has 0 bridgehead atoms. The van der Waals surface area contributed by atoms with Gasteiger partial charge in [0.1, 0.15) is 12.0 Å². The molecule has 5 nitrogen and oxygen atoms in total. The minimum absolute atomic E-state index is 0.142. The molecule has 0 aliphatic carbocycles. The molecule has 6 atom stereocenters. The van der Waals surface area contributed by atoms with E-state index in [0.717, 1.165) is 19.9 Å². The van der Waals surface area contributed by atoms with E-state index in [1.54, 1.807) is 0 Å². The topological polar surface area (TPSA) is 86.6 Å². The summed E-state index contributed by atoms with van der Waals surface area (Å²) in [6.45, 7) is 4.91. The number of halogens is 4. The van der Waals surface area contributed by atoms with E-state index >= 15 is 0 Å². The van der Waals surface area contributed by atoms with E-state index in [1.165, 1.54) is 26.0 Å². The SMILES string of the molecule is CCC1(C(=O)O)C(C)NC(C(F)F)C(C)(C(=O)O)C1c1cccc(F)c1C(C)F. The Labute approximate surface area is 166 Å². The summed E-state index contributed by atoms with van der Waals surface area (Å²) in [4.78, 5) is 24.8. The fraction of sp³-hybridized carbons (Fsp3) is 0.600. The van der Waals surface area contributed by atoms with Crippen LogP contribution < -0.4 is 5.32 Å². The Morgan fingerprint density at radius 3 is 2.21 bits per heavy atom. The monoisotopic (exact) mass is 419 g/mol. The van der Waals surface area contributed by atoms with Crippen LogP contribution in [0.2, 0.25) is 0 Å². The first-order valence-electron chi connectivity index (χ1n) is 9.30. The molecule has 2 rings (SSSR count). The van der Waals surface area contributed by atoms with Gasteiger partial charge in [0.25, 0.3) is 6.43 Å². The van der Waals surface area contributed by atoms with Crippen molar-refractivity contribution in [3.05, 3.63) is 35.1 Å². The molecule has 1 aliphatic heterocycles. The summed E-state index contributed by atoms with van der Waals surface area (Å²) in [5.41, 5.74) is -4.97. The average Bonchev–Trinajstić information content (AvgIpc) is 2.61. The predicted molar refractivity (Wildman–Crippen MR) is 97.2 cm³/mol. The number of aliphatic carboxylic acids is 2. The Morgan fingerprint density at radius 1 is 1.21 bits per heavy atom. The van der Waals surface area contributed by atoms with Crippen LogP contribution in [0.4, 0.5) is 17.6 Å². The lowest BCUT2D eigenvalue weighted by molar-refractivity contribution is -0.177. The summed E-state index contributed by atoms with van der Waals surface area (Å²) in [7, 11) is 0. The third-order valence-corrected chi connectivity index (χ3v) is 6.45. The molecule has 1 aromatic rings. The highest BCUT2D eigenvalue weighted by Gasteiger charge is 2.67. The van der Waals surface area contributed by atoms with Crippen molar-refractivity contribution in [3.8, 4) is 0 Å². The van der Waals surface area contributed by atoms with Crippen molar-refractivity contribution >= 4 is 11.9 Å². The van der Waals surface area contributed by atoms with Crippen LogP contribution in [0.25, 0.3) is 0 Å². The van der Waals surface area contributed by atoms with Gasteiger partial charge in [0.2, 0.25) is 0 Å². The number of rotatable bonds is 6. The third-order valence-electron chi connectivity index (χ3n) is 6.45. The number of hydrogen-bond acceptors (Lipinski definition) is 3. The highest BCUT2D eigenvalue weighted by atomic mass is 19.3. The second kappa shape index (κ2) is 7.93. The number of benzene rings is 1. The minimum Gasteiger partial charge on any atom is -0.481 e. The zero-order valence-corrected chi connectivity index (χ0v) is 16.5. The lowest BCUT2D eigenvalue weighted by Gasteiger charge is -2.56. The molecule has 0 amide bonds. The van der Waals surface area contributed by atoms with Crippen molar-refractivity contribution in [1.82, 2.24) is 5.32 Å². The molecule has 0 spiro atoms. The van der Waals surface area contributed by atoms with Crippen molar-refractivity contribution in [1.29, 1.82) is 0 Å². The average molecular weight is 419 g/mol. The fourth-order valence-corrected chi connectivity index (χ4v) is 4.94. The molecule has 1 aromatic carbocycles. The highest BCUT2D eigenvalue weighted by molar-refractivity contribution is 5.84. The molecule has 0 saturated carbocycles. The first kappa shape index (κ1) is 23.1. The van der Waals surface area contributed by atoms with Gasteiger partial charge in [0.05, 0.1) is 16.9 Å². The van der Waals surface area contributed by atoms with Gasteiger partial charge >= 0.3 is 11.9 Å². The van der Waals surface area contributed by atoms with Crippen molar-refractivity contribution < 1.29 is 37.4 Å². The number of carboxylic acid groups (broad SMARTS) is 2. The van der Waals surface area contributed by atoms with Crippen LogP contribution in [0, 0.1) is 16.6 Å². The second-order valence-electron chi connectivity index (χ2n) is 7.78. The molecule has 0 radical (unpaired) electrons. The van der Waals surface area contributed by atoms with Crippen LogP contribution in [0.15, 0.2) is 18.2 Å². The Hall–Kier alpha value is -2.16. The Kier molecular flexibility index (Phi) is 6.32. The summed E-state index contributed by atoms with van der Waals surface area (Å²) in [5.74, 6) is -5.70. The van der Waals surface area contributed by atoms with Crippen LogP contribution >= 0.6 is 0 Å². The van der Waals surface area contributed by atoms with E-state index in [-0.39, 0.29) is 12.0 Å². The first-order valence-corrected chi connectivity index (χ1v) is 9.30. The van der Waals surface area contributed by atoms with E-state index in [2.05, 4.69) is 5.32 Å². The van der Waals surface area contributed by atoms with E-state index in [0.29, 0.717) is 0 Å². The van der Waals surface area contributed by atoms with E-state index in [4.69, 9.17) is 0 Å². The van der Waals surface area contributed by atoms with Crippen molar-refractivity contribution in [2.45, 2.75) is 64.7 Å². The molecule has 9 heteroatoms. The van der Waals surface area contributed by atoms with E-state index in [1.807, 2.05) is 0 Å². The highest BCUT2D eigenvalue weighted by Crippen LogP contribution is 2.58. The predicted octanol–water partition coefficient (Wildman–Crippen LogP) is 4.14. The summed E-state index contributed by atoms with van der Waals surface area (Å²) in [5, 5.41) is 22.6. The summed E-state index contributed by atoms with van der Waals surface area (Å²) in [6, 6.07) is 0.383. The first-order chi connectivity index (χ1) is 13.4. The van der Waals surface area contributed by atoms with Crippen LogP contribution in [0.5, 0.6) is 0 Å². The zero-order valence-electron chi connectivity index (χ0n) is 16.5. The lowest BCUT2D eigenvalue weighted by atomic mass is 9.50. The molecule has 29 heavy (non-hydrogen) atoms. The summed E-state index contributed by atoms with van der Waals surface area (Å²) in [6.07, 6.45) is -5.19. The second-order valence-corrected chi connectivity index (χ2v) is 7.78. The van der Waals surface area contributed by atoms with E-state index in [9.17, 15) is 37.4 Å². The lowest BCUT2D eigenvalue weighted by Crippen LogP contribution is -2.71. The van der Waals surface area contributed by atoms with Gasteiger partial charge in [-0.05, 0) is 38.8 Å². The Bertz CT molecular complexity index is 803. The van der Waals surface area contributed by atoms with Crippen LogP contribution in [0.1, 0.15) is 57.3 Å². The maximum atomic E-state index is 14.5. The van der Waals surface area contributed by atoms with Crippen LogP contribution in [0.3, 0.4) is 0 Å². The van der Waals surface area contributed by atoms with Gasteiger partial charge < -0.3 is 15.5 Å². The number of carbonyl (C=O) groups is 2. The van der Waals surface area contributed by atoms with Crippen molar-refractivity contribution in [2.24, 2.45) is 10.8 Å². The number of piperidine rings is 1. The van der Waals surface area contributed by atoms with Gasteiger partial charge in [-0.2, -0.15) is 0 Å². The van der Waals surface area contributed by atoms with Crippen LogP contribution in [-0.2, 0) is 9.59 Å². The van der Waals surface area contributed by atoms with Crippen molar-refractivity contribution in [3.63, 3.8) is 0 Å². The molecular weight excluding hydrogens is 394 g/mol. The van der Waals surface area contributed by atoms with Gasteiger partial charge in [-0.1, -0.05) is 19.1 Å². The molecule has 1 aliphatic rings. The van der Waals surface area contributed by atoms with Crippen molar-refractivity contribution in [2.75, 3.05) is 0 Å². The maximum Gasteiger partial charge on any atom is 0.311 e. The molecule has 1 saturated heterocycles. The maximum absolute atomic E-state index is 14.5. The number of hydrogen-bond donors (Lipinski definition) is 3. The van der Waals surface area contributed by atoms with Gasteiger partial charge in [-0.25, -0.2) is 17.6 Å². The Morgan fingerprint density at radius 2 is 1.79 bits per heavy atom. The summed E-state index contributed by atoms with van der Waals surface area (Å²) >= 11 is 0. The molecule has 6 unspecified atom stereocenters. The molecule has 162 valence electrons. The Balaban J connectivity index is 3.00.